The predicted octanol–water partition coefficient (Wildman–Crippen LogP) is 2.68. The third-order valence-electron chi connectivity index (χ3n) is 2.80. The Kier molecular flexibility index (Phi) is 8.91. The maximum atomic E-state index is 11.4. The first-order chi connectivity index (χ1) is 7.65. The van der Waals surface area contributed by atoms with Gasteiger partial charge in [0.1, 0.15) is 0 Å². The van der Waals surface area contributed by atoms with Crippen LogP contribution in [0.1, 0.15) is 46.5 Å². The van der Waals surface area contributed by atoms with Crippen molar-refractivity contribution < 1.29 is 14.6 Å². The number of hydrogen-bond acceptors (Lipinski definition) is 3. The molecule has 0 aromatic rings. The first kappa shape index (κ1) is 15.2. The van der Waals surface area contributed by atoms with E-state index in [0.29, 0.717) is 18.1 Å². The Morgan fingerprint density at radius 2 is 2.12 bits per heavy atom. The highest BCUT2D eigenvalue weighted by molar-refractivity contribution is 5.87. The molecule has 16 heavy (non-hydrogen) atoms. The minimum absolute atomic E-state index is 0.219. The van der Waals surface area contributed by atoms with Crippen molar-refractivity contribution in [1.29, 1.82) is 0 Å². The van der Waals surface area contributed by atoms with Crippen LogP contribution < -0.4 is 0 Å². The van der Waals surface area contributed by atoms with Gasteiger partial charge in [-0.3, -0.25) is 0 Å². The van der Waals surface area contributed by atoms with E-state index in [-0.39, 0.29) is 12.6 Å². The van der Waals surface area contributed by atoms with Crippen LogP contribution >= 0.6 is 0 Å². The number of carbonyl (C=O) groups excluding carboxylic acids is 1. The monoisotopic (exact) mass is 228 g/mol. The normalized spacial score (nSPS) is 13.6. The second-order valence-corrected chi connectivity index (χ2v) is 4.06. The first-order valence-electron chi connectivity index (χ1n) is 6.06. The van der Waals surface area contributed by atoms with Gasteiger partial charge in [0.2, 0.25) is 0 Å². The summed E-state index contributed by atoms with van der Waals surface area (Å²) in [4.78, 5) is 11.4. The Labute approximate surface area is 98.5 Å². The van der Waals surface area contributed by atoms with Crippen molar-refractivity contribution in [2.45, 2.75) is 46.5 Å². The summed E-state index contributed by atoms with van der Waals surface area (Å²) in [5.74, 6) is 0.197. The molecule has 0 saturated heterocycles. The van der Waals surface area contributed by atoms with Gasteiger partial charge in [-0.2, -0.15) is 0 Å². The van der Waals surface area contributed by atoms with Gasteiger partial charge in [0.25, 0.3) is 0 Å². The highest BCUT2D eigenvalue weighted by atomic mass is 16.5. The van der Waals surface area contributed by atoms with E-state index < -0.39 is 0 Å². The van der Waals surface area contributed by atoms with Crippen molar-refractivity contribution in [3.63, 3.8) is 0 Å². The zero-order valence-corrected chi connectivity index (χ0v) is 10.7. The summed E-state index contributed by atoms with van der Waals surface area (Å²) in [6.07, 6.45) is 5.61. The molecule has 0 amide bonds. The molecule has 0 rings (SSSR count). The van der Waals surface area contributed by atoms with E-state index in [2.05, 4.69) is 6.92 Å². The summed E-state index contributed by atoms with van der Waals surface area (Å²) in [5.41, 5.74) is 0.658. The van der Waals surface area contributed by atoms with Gasteiger partial charge < -0.3 is 9.84 Å². The maximum Gasteiger partial charge on any atom is 0.333 e. The van der Waals surface area contributed by atoms with Gasteiger partial charge in [-0.05, 0) is 32.6 Å². The van der Waals surface area contributed by atoms with Crippen molar-refractivity contribution in [2.75, 3.05) is 13.2 Å². The molecule has 0 fully saturated rings. The zero-order valence-electron chi connectivity index (χ0n) is 10.7. The fraction of sp³-hybridized carbons (Fsp3) is 0.769. The van der Waals surface area contributed by atoms with Crippen LogP contribution in [0.4, 0.5) is 0 Å². The van der Waals surface area contributed by atoms with Crippen LogP contribution in [0.25, 0.3) is 0 Å². The third kappa shape index (κ3) is 6.62. The third-order valence-corrected chi connectivity index (χ3v) is 2.80. The minimum Gasteiger partial charge on any atom is -0.462 e. The van der Waals surface area contributed by atoms with Crippen LogP contribution in [0, 0.1) is 5.92 Å². The molecule has 0 saturated carbocycles. The van der Waals surface area contributed by atoms with Crippen molar-refractivity contribution in [3.8, 4) is 0 Å². The molecule has 3 nitrogen and oxygen atoms in total. The first-order valence-corrected chi connectivity index (χ1v) is 6.06. The summed E-state index contributed by atoms with van der Waals surface area (Å²) < 4.78 is 5.21. The molecule has 0 aliphatic rings. The summed E-state index contributed by atoms with van der Waals surface area (Å²) in [5, 5.41) is 8.68. The number of carbonyl (C=O) groups is 1. The molecule has 0 bridgehead atoms. The number of ether oxygens (including phenoxy) is 1. The van der Waals surface area contributed by atoms with Crippen LogP contribution in [0.3, 0.4) is 0 Å². The fourth-order valence-corrected chi connectivity index (χ4v) is 1.38. The number of esters is 1. The Balaban J connectivity index is 3.82. The van der Waals surface area contributed by atoms with E-state index in [4.69, 9.17) is 9.84 Å². The van der Waals surface area contributed by atoms with Crippen LogP contribution in [0.2, 0.25) is 0 Å². The Morgan fingerprint density at radius 3 is 2.62 bits per heavy atom. The number of unbranched alkanes of at least 4 members (excludes halogenated alkanes) is 1. The van der Waals surface area contributed by atoms with Gasteiger partial charge in [-0.15, -0.1) is 0 Å². The summed E-state index contributed by atoms with van der Waals surface area (Å²) >= 11 is 0. The average Bonchev–Trinajstić information content (AvgIpc) is 2.32. The molecule has 0 aliphatic heterocycles. The molecule has 3 heteroatoms. The predicted molar refractivity (Wildman–Crippen MR) is 65.1 cm³/mol. The van der Waals surface area contributed by atoms with Gasteiger partial charge in [0, 0.05) is 12.2 Å². The lowest BCUT2D eigenvalue weighted by Gasteiger charge is -2.14. The van der Waals surface area contributed by atoms with Crippen molar-refractivity contribution in [1.82, 2.24) is 0 Å². The number of rotatable bonds is 8. The zero-order chi connectivity index (χ0) is 12.4. The van der Waals surface area contributed by atoms with E-state index in [1.807, 2.05) is 6.92 Å². The summed E-state index contributed by atoms with van der Waals surface area (Å²) in [6, 6.07) is 0. The molecule has 1 atom stereocenters. The topological polar surface area (TPSA) is 46.5 Å². The van der Waals surface area contributed by atoms with Crippen LogP contribution in [-0.2, 0) is 9.53 Å². The van der Waals surface area contributed by atoms with Crippen LogP contribution in [0.5, 0.6) is 0 Å². The number of aliphatic hydroxyl groups excluding tert-OH is 1. The lowest BCUT2D eigenvalue weighted by atomic mass is 10.0. The molecule has 0 aromatic carbocycles. The smallest absolute Gasteiger partial charge is 0.333 e. The Bertz CT molecular complexity index is 221. The fourth-order valence-electron chi connectivity index (χ4n) is 1.38. The second kappa shape index (κ2) is 9.40. The molecule has 0 aliphatic carbocycles. The van der Waals surface area contributed by atoms with Gasteiger partial charge in [0.05, 0.1) is 6.61 Å². The maximum absolute atomic E-state index is 11.4. The van der Waals surface area contributed by atoms with E-state index >= 15 is 0 Å². The molecule has 1 unspecified atom stereocenters. The molecular formula is C13H24O3. The molecule has 0 heterocycles. The Morgan fingerprint density at radius 1 is 1.44 bits per heavy atom. The quantitative estimate of drug-likeness (QED) is 0.395. The lowest BCUT2D eigenvalue weighted by Crippen LogP contribution is -2.14. The van der Waals surface area contributed by atoms with Gasteiger partial charge >= 0.3 is 5.97 Å². The SMILES string of the molecule is CC=C(C)C(=O)OCC(CC)CCCCO. The molecule has 0 radical (unpaired) electrons. The molecule has 1 N–H and O–H groups in total. The van der Waals surface area contributed by atoms with Crippen molar-refractivity contribution in [2.24, 2.45) is 5.92 Å². The van der Waals surface area contributed by atoms with Gasteiger partial charge in [-0.1, -0.05) is 25.8 Å². The summed E-state index contributed by atoms with van der Waals surface area (Å²) in [7, 11) is 0. The molecule has 0 spiro atoms. The molecule has 0 aromatic heterocycles. The molecule has 94 valence electrons. The minimum atomic E-state index is -0.219. The van der Waals surface area contributed by atoms with Crippen LogP contribution in [-0.4, -0.2) is 24.3 Å². The Hall–Kier alpha value is -0.830. The van der Waals surface area contributed by atoms with E-state index in [1.54, 1.807) is 13.0 Å². The van der Waals surface area contributed by atoms with E-state index in [9.17, 15) is 4.79 Å². The second-order valence-electron chi connectivity index (χ2n) is 4.06. The van der Waals surface area contributed by atoms with E-state index in [0.717, 1.165) is 25.7 Å². The molecular weight excluding hydrogens is 204 g/mol. The highest BCUT2D eigenvalue weighted by Crippen LogP contribution is 2.13. The average molecular weight is 228 g/mol. The highest BCUT2D eigenvalue weighted by Gasteiger charge is 2.10. The van der Waals surface area contributed by atoms with Crippen LogP contribution in [0.15, 0.2) is 11.6 Å². The van der Waals surface area contributed by atoms with Gasteiger partial charge in [0.15, 0.2) is 0 Å². The van der Waals surface area contributed by atoms with Gasteiger partial charge in [-0.25, -0.2) is 4.79 Å². The van der Waals surface area contributed by atoms with E-state index in [1.165, 1.54) is 0 Å². The largest absolute Gasteiger partial charge is 0.462 e. The number of allylic oxidation sites excluding steroid dienone is 1. The standard InChI is InChI=1S/C13H24O3/c1-4-11(3)13(15)16-10-12(5-2)8-6-7-9-14/h4,12,14H,5-10H2,1-3H3. The number of hydrogen-bond donors (Lipinski definition) is 1. The summed E-state index contributed by atoms with van der Waals surface area (Å²) in [6.45, 7) is 6.42. The lowest BCUT2D eigenvalue weighted by molar-refractivity contribution is -0.140. The van der Waals surface area contributed by atoms with Crippen molar-refractivity contribution >= 4 is 5.97 Å². The number of aliphatic hydroxyl groups is 1. The van der Waals surface area contributed by atoms with Crippen molar-refractivity contribution in [3.05, 3.63) is 11.6 Å².